The highest BCUT2D eigenvalue weighted by atomic mass is 16.6. The van der Waals surface area contributed by atoms with E-state index in [0.717, 1.165) is 11.1 Å². The molecule has 0 aliphatic heterocycles. The van der Waals surface area contributed by atoms with E-state index >= 15 is 0 Å². The first-order chi connectivity index (χ1) is 9.46. The maximum Gasteiger partial charge on any atom is 0.413 e. The number of rotatable bonds is 2. The third kappa shape index (κ3) is 3.85. The zero-order valence-corrected chi connectivity index (χ0v) is 12.0. The number of amides is 1. The molecule has 0 saturated heterocycles. The average molecular weight is 269 g/mol. The van der Waals surface area contributed by atoms with Crippen LogP contribution in [0.15, 0.2) is 54.6 Å². The van der Waals surface area contributed by atoms with Gasteiger partial charge in [-0.25, -0.2) is 4.79 Å². The number of para-hydroxylation sites is 1. The van der Waals surface area contributed by atoms with Gasteiger partial charge in [0, 0.05) is 11.1 Å². The predicted molar refractivity (Wildman–Crippen MR) is 80.8 cm³/mol. The van der Waals surface area contributed by atoms with E-state index in [1.807, 2.05) is 69.3 Å². The summed E-state index contributed by atoms with van der Waals surface area (Å²) < 4.78 is 5.43. The molecule has 2 rings (SSSR count). The first-order valence-electron chi connectivity index (χ1n) is 6.60. The van der Waals surface area contributed by atoms with E-state index in [9.17, 15) is 4.79 Å². The van der Waals surface area contributed by atoms with Crippen LogP contribution in [0.3, 0.4) is 0 Å². The number of nitrogens with one attached hydrogen (secondary N) is 1. The highest BCUT2D eigenvalue weighted by molar-refractivity contribution is 5.77. The summed E-state index contributed by atoms with van der Waals surface area (Å²) >= 11 is 0. The van der Waals surface area contributed by atoms with E-state index in [-0.39, 0.29) is 5.54 Å². The molecule has 2 aromatic carbocycles. The molecule has 2 aromatic rings. The van der Waals surface area contributed by atoms with Gasteiger partial charge < -0.3 is 10.1 Å². The van der Waals surface area contributed by atoms with Crippen LogP contribution < -0.4 is 10.1 Å². The summed E-state index contributed by atoms with van der Waals surface area (Å²) in [7, 11) is 0. The van der Waals surface area contributed by atoms with Gasteiger partial charge in [-0.15, -0.1) is 0 Å². The van der Waals surface area contributed by atoms with Crippen LogP contribution in [0.5, 0.6) is 5.75 Å². The van der Waals surface area contributed by atoms with Crippen LogP contribution in [0.1, 0.15) is 20.8 Å². The maximum absolute atomic E-state index is 11.9. The van der Waals surface area contributed by atoms with Crippen LogP contribution in [0.25, 0.3) is 11.1 Å². The molecule has 1 amide bonds. The molecule has 0 aliphatic rings. The topological polar surface area (TPSA) is 38.3 Å². The second kappa shape index (κ2) is 5.78. The Morgan fingerprint density at radius 3 is 2.20 bits per heavy atom. The van der Waals surface area contributed by atoms with Crippen molar-refractivity contribution in [2.75, 3.05) is 0 Å². The van der Waals surface area contributed by atoms with Crippen molar-refractivity contribution in [1.29, 1.82) is 0 Å². The molecule has 1 N–H and O–H groups in total. The molecular weight excluding hydrogens is 250 g/mol. The van der Waals surface area contributed by atoms with Crippen molar-refractivity contribution in [3.05, 3.63) is 54.6 Å². The van der Waals surface area contributed by atoms with Crippen molar-refractivity contribution in [3.63, 3.8) is 0 Å². The van der Waals surface area contributed by atoms with Crippen molar-refractivity contribution in [3.8, 4) is 16.9 Å². The lowest BCUT2D eigenvalue weighted by Gasteiger charge is -2.20. The second-order valence-electron chi connectivity index (χ2n) is 5.63. The maximum atomic E-state index is 11.9. The molecule has 0 aliphatic carbocycles. The lowest BCUT2D eigenvalue weighted by molar-refractivity contribution is 0.191. The summed E-state index contributed by atoms with van der Waals surface area (Å²) in [5.74, 6) is 0.556. The van der Waals surface area contributed by atoms with E-state index in [1.54, 1.807) is 6.07 Å². The fraction of sp³-hybridized carbons (Fsp3) is 0.235. The summed E-state index contributed by atoms with van der Waals surface area (Å²) in [6.45, 7) is 5.74. The Hall–Kier alpha value is -2.29. The van der Waals surface area contributed by atoms with Gasteiger partial charge in [-0.05, 0) is 32.4 Å². The van der Waals surface area contributed by atoms with E-state index in [4.69, 9.17) is 4.74 Å². The molecule has 0 unspecified atom stereocenters. The van der Waals surface area contributed by atoms with Crippen LogP contribution in [0.4, 0.5) is 4.79 Å². The number of hydrogen-bond donors (Lipinski definition) is 1. The van der Waals surface area contributed by atoms with Gasteiger partial charge in [-0.3, -0.25) is 0 Å². The Labute approximate surface area is 119 Å². The molecule has 0 radical (unpaired) electrons. The van der Waals surface area contributed by atoms with Crippen molar-refractivity contribution in [2.24, 2.45) is 0 Å². The van der Waals surface area contributed by atoms with E-state index < -0.39 is 6.09 Å². The third-order valence-electron chi connectivity index (χ3n) is 2.65. The van der Waals surface area contributed by atoms with Crippen LogP contribution >= 0.6 is 0 Å². The molecule has 0 bridgehead atoms. The molecule has 104 valence electrons. The first kappa shape index (κ1) is 14.1. The standard InChI is InChI=1S/C17H19NO2/c1-17(2,3)18-16(19)20-15-12-8-7-11-14(15)13-9-5-4-6-10-13/h4-12H,1-3H3,(H,18,19). The Morgan fingerprint density at radius 1 is 0.950 bits per heavy atom. The monoisotopic (exact) mass is 269 g/mol. The lowest BCUT2D eigenvalue weighted by atomic mass is 10.1. The minimum atomic E-state index is -0.444. The Balaban J connectivity index is 2.23. The van der Waals surface area contributed by atoms with Crippen LogP contribution in [-0.2, 0) is 0 Å². The summed E-state index contributed by atoms with van der Waals surface area (Å²) in [6, 6.07) is 17.4. The number of hydrogen-bond acceptors (Lipinski definition) is 2. The number of carbonyl (C=O) groups excluding carboxylic acids is 1. The Bertz CT molecular complexity index is 585. The first-order valence-corrected chi connectivity index (χ1v) is 6.60. The van der Waals surface area contributed by atoms with Gasteiger partial charge >= 0.3 is 6.09 Å². The van der Waals surface area contributed by atoms with E-state index in [1.165, 1.54) is 0 Å². The summed E-state index contributed by atoms with van der Waals surface area (Å²) in [5, 5.41) is 2.79. The largest absolute Gasteiger partial charge is 0.413 e. The minimum absolute atomic E-state index is 0.321. The van der Waals surface area contributed by atoms with Crippen molar-refractivity contribution < 1.29 is 9.53 Å². The molecule has 20 heavy (non-hydrogen) atoms. The van der Waals surface area contributed by atoms with E-state index in [0.29, 0.717) is 5.75 Å². The zero-order chi connectivity index (χ0) is 14.6. The van der Waals surface area contributed by atoms with Gasteiger partial charge in [0.05, 0.1) is 0 Å². The molecule has 3 heteroatoms. The van der Waals surface area contributed by atoms with Gasteiger partial charge in [-0.1, -0.05) is 48.5 Å². The Morgan fingerprint density at radius 2 is 1.55 bits per heavy atom. The van der Waals surface area contributed by atoms with Gasteiger partial charge in [0.25, 0.3) is 0 Å². The van der Waals surface area contributed by atoms with Crippen LogP contribution in [0, 0.1) is 0 Å². The number of benzene rings is 2. The Kier molecular flexibility index (Phi) is 4.08. The molecule has 0 heterocycles. The highest BCUT2D eigenvalue weighted by Gasteiger charge is 2.16. The SMILES string of the molecule is CC(C)(C)NC(=O)Oc1ccccc1-c1ccccc1. The summed E-state index contributed by atoms with van der Waals surface area (Å²) in [4.78, 5) is 11.9. The van der Waals surface area contributed by atoms with Gasteiger partial charge in [-0.2, -0.15) is 0 Å². The quantitative estimate of drug-likeness (QED) is 0.885. The highest BCUT2D eigenvalue weighted by Crippen LogP contribution is 2.29. The average Bonchev–Trinajstić information content (AvgIpc) is 2.38. The number of ether oxygens (including phenoxy) is 1. The zero-order valence-electron chi connectivity index (χ0n) is 12.0. The molecule has 0 fully saturated rings. The molecule has 3 nitrogen and oxygen atoms in total. The third-order valence-corrected chi connectivity index (χ3v) is 2.65. The molecule has 0 spiro atoms. The van der Waals surface area contributed by atoms with Crippen molar-refractivity contribution >= 4 is 6.09 Å². The van der Waals surface area contributed by atoms with Crippen LogP contribution in [0.2, 0.25) is 0 Å². The number of carbonyl (C=O) groups is 1. The molecular formula is C17H19NO2. The fourth-order valence-electron chi connectivity index (χ4n) is 1.84. The molecule has 0 atom stereocenters. The predicted octanol–water partition coefficient (Wildman–Crippen LogP) is 4.24. The minimum Gasteiger partial charge on any atom is -0.410 e. The molecule has 0 aromatic heterocycles. The smallest absolute Gasteiger partial charge is 0.410 e. The van der Waals surface area contributed by atoms with Crippen molar-refractivity contribution in [2.45, 2.75) is 26.3 Å². The fourth-order valence-corrected chi connectivity index (χ4v) is 1.84. The van der Waals surface area contributed by atoms with E-state index in [2.05, 4.69) is 5.32 Å². The van der Waals surface area contributed by atoms with Gasteiger partial charge in [0.1, 0.15) is 5.75 Å². The van der Waals surface area contributed by atoms with Gasteiger partial charge in [0.15, 0.2) is 0 Å². The molecule has 0 saturated carbocycles. The summed E-state index contributed by atoms with van der Waals surface area (Å²) in [6.07, 6.45) is -0.444. The van der Waals surface area contributed by atoms with Gasteiger partial charge in [0.2, 0.25) is 0 Å². The lowest BCUT2D eigenvalue weighted by Crippen LogP contribution is -2.42. The van der Waals surface area contributed by atoms with Crippen molar-refractivity contribution in [1.82, 2.24) is 5.32 Å². The normalized spacial score (nSPS) is 10.9. The summed E-state index contributed by atoms with van der Waals surface area (Å²) in [5.41, 5.74) is 1.60. The second-order valence-corrected chi connectivity index (χ2v) is 5.63. The van der Waals surface area contributed by atoms with Crippen LogP contribution in [-0.4, -0.2) is 11.6 Å².